The van der Waals surface area contributed by atoms with Crippen LogP contribution in [0.3, 0.4) is 0 Å². The highest BCUT2D eigenvalue weighted by Gasteiger charge is 2.28. The predicted octanol–water partition coefficient (Wildman–Crippen LogP) is 0.635. The summed E-state index contributed by atoms with van der Waals surface area (Å²) in [4.78, 5) is 11.7. The van der Waals surface area contributed by atoms with Crippen LogP contribution in [0.2, 0.25) is 0 Å². The number of aliphatic hydroxyl groups is 1. The summed E-state index contributed by atoms with van der Waals surface area (Å²) in [5.74, 6) is 0.351. The fourth-order valence-corrected chi connectivity index (χ4v) is 2.11. The fourth-order valence-electron chi connectivity index (χ4n) is 2.11. The van der Waals surface area contributed by atoms with Gasteiger partial charge in [-0.2, -0.15) is 0 Å². The molecule has 1 aliphatic rings. The predicted molar refractivity (Wildman–Crippen MR) is 63.8 cm³/mol. The zero-order chi connectivity index (χ0) is 12.3. The quantitative estimate of drug-likeness (QED) is 0.663. The molecule has 1 saturated carbocycles. The van der Waals surface area contributed by atoms with E-state index >= 15 is 0 Å². The molecule has 4 atom stereocenters. The SMILES string of the molecule is CC(C)[C@H](N)C(=O)N[C@@H]1CC[C@H](O)[C@@H](C)C1. The number of aliphatic hydroxyl groups excluding tert-OH is 1. The van der Waals surface area contributed by atoms with Crippen LogP contribution in [-0.2, 0) is 4.79 Å². The molecular formula is C12H24N2O2. The Morgan fingerprint density at radius 3 is 2.56 bits per heavy atom. The van der Waals surface area contributed by atoms with E-state index in [-0.39, 0.29) is 29.9 Å². The van der Waals surface area contributed by atoms with Gasteiger partial charge in [0.1, 0.15) is 0 Å². The van der Waals surface area contributed by atoms with Crippen molar-refractivity contribution in [1.82, 2.24) is 5.32 Å². The Hall–Kier alpha value is -0.610. The first-order valence-electron chi connectivity index (χ1n) is 6.15. The molecule has 4 heteroatoms. The van der Waals surface area contributed by atoms with E-state index in [2.05, 4.69) is 5.32 Å². The van der Waals surface area contributed by atoms with Gasteiger partial charge < -0.3 is 16.2 Å². The Bertz CT molecular complexity index is 243. The second-order valence-electron chi connectivity index (χ2n) is 5.33. The van der Waals surface area contributed by atoms with Gasteiger partial charge in [0, 0.05) is 6.04 Å². The van der Waals surface area contributed by atoms with Gasteiger partial charge in [-0.25, -0.2) is 0 Å². The lowest BCUT2D eigenvalue weighted by Gasteiger charge is -2.32. The molecule has 0 aliphatic heterocycles. The van der Waals surface area contributed by atoms with Crippen LogP contribution in [0.25, 0.3) is 0 Å². The highest BCUT2D eigenvalue weighted by atomic mass is 16.3. The molecule has 0 bridgehead atoms. The molecule has 0 unspecified atom stereocenters. The van der Waals surface area contributed by atoms with E-state index in [1.54, 1.807) is 0 Å². The van der Waals surface area contributed by atoms with E-state index < -0.39 is 6.04 Å². The van der Waals surface area contributed by atoms with E-state index in [9.17, 15) is 9.90 Å². The molecule has 0 aromatic carbocycles. The van der Waals surface area contributed by atoms with Crippen molar-refractivity contribution < 1.29 is 9.90 Å². The lowest BCUT2D eigenvalue weighted by atomic mass is 9.84. The summed E-state index contributed by atoms with van der Waals surface area (Å²) in [7, 11) is 0. The molecule has 16 heavy (non-hydrogen) atoms. The van der Waals surface area contributed by atoms with Gasteiger partial charge in [-0.15, -0.1) is 0 Å². The highest BCUT2D eigenvalue weighted by molar-refractivity contribution is 5.82. The first kappa shape index (κ1) is 13.5. The van der Waals surface area contributed by atoms with Crippen LogP contribution in [0.5, 0.6) is 0 Å². The second kappa shape index (κ2) is 5.64. The van der Waals surface area contributed by atoms with Gasteiger partial charge in [-0.3, -0.25) is 4.79 Å². The average Bonchev–Trinajstić information content (AvgIpc) is 2.22. The van der Waals surface area contributed by atoms with Gasteiger partial charge in [0.15, 0.2) is 0 Å². The third-order valence-electron chi connectivity index (χ3n) is 3.49. The van der Waals surface area contributed by atoms with Crippen LogP contribution in [-0.4, -0.2) is 29.2 Å². The Balaban J connectivity index is 2.40. The Morgan fingerprint density at radius 2 is 2.06 bits per heavy atom. The van der Waals surface area contributed by atoms with Gasteiger partial charge in [0.2, 0.25) is 5.91 Å². The zero-order valence-electron chi connectivity index (χ0n) is 10.4. The largest absolute Gasteiger partial charge is 0.393 e. The van der Waals surface area contributed by atoms with Gasteiger partial charge in [0.25, 0.3) is 0 Å². The van der Waals surface area contributed by atoms with Crippen LogP contribution in [0, 0.1) is 11.8 Å². The van der Waals surface area contributed by atoms with Gasteiger partial charge >= 0.3 is 0 Å². The van der Waals surface area contributed by atoms with Crippen LogP contribution < -0.4 is 11.1 Å². The molecule has 94 valence electrons. The van der Waals surface area contributed by atoms with Crippen molar-refractivity contribution in [3.05, 3.63) is 0 Å². The molecular weight excluding hydrogens is 204 g/mol. The van der Waals surface area contributed by atoms with Crippen molar-refractivity contribution >= 4 is 5.91 Å². The van der Waals surface area contributed by atoms with Crippen LogP contribution in [0.15, 0.2) is 0 Å². The number of carbonyl (C=O) groups excluding carboxylic acids is 1. The van der Waals surface area contributed by atoms with E-state index in [1.807, 2.05) is 20.8 Å². The van der Waals surface area contributed by atoms with Crippen molar-refractivity contribution in [1.29, 1.82) is 0 Å². The molecule has 0 aromatic heterocycles. The minimum atomic E-state index is -0.429. The molecule has 4 N–H and O–H groups in total. The first-order chi connectivity index (χ1) is 7.41. The minimum absolute atomic E-state index is 0.0661. The summed E-state index contributed by atoms with van der Waals surface area (Å²) in [6.07, 6.45) is 2.25. The number of hydrogen-bond acceptors (Lipinski definition) is 3. The Labute approximate surface area is 97.6 Å². The Morgan fingerprint density at radius 1 is 1.44 bits per heavy atom. The van der Waals surface area contributed by atoms with E-state index in [4.69, 9.17) is 5.73 Å². The third-order valence-corrected chi connectivity index (χ3v) is 3.49. The first-order valence-corrected chi connectivity index (χ1v) is 6.15. The third kappa shape index (κ3) is 3.46. The van der Waals surface area contributed by atoms with Crippen molar-refractivity contribution in [3.63, 3.8) is 0 Å². The maximum atomic E-state index is 11.7. The zero-order valence-corrected chi connectivity index (χ0v) is 10.4. The highest BCUT2D eigenvalue weighted by Crippen LogP contribution is 2.24. The number of amides is 1. The van der Waals surface area contributed by atoms with Crippen LogP contribution in [0.1, 0.15) is 40.0 Å². The number of carbonyl (C=O) groups is 1. The monoisotopic (exact) mass is 228 g/mol. The van der Waals surface area contributed by atoms with Crippen molar-refractivity contribution in [2.45, 2.75) is 58.2 Å². The van der Waals surface area contributed by atoms with Gasteiger partial charge in [0.05, 0.1) is 12.1 Å². The molecule has 0 aromatic rings. The number of hydrogen-bond donors (Lipinski definition) is 3. The van der Waals surface area contributed by atoms with Crippen molar-refractivity contribution in [2.75, 3.05) is 0 Å². The molecule has 1 fully saturated rings. The molecule has 0 radical (unpaired) electrons. The fraction of sp³-hybridized carbons (Fsp3) is 0.917. The van der Waals surface area contributed by atoms with Crippen LogP contribution in [0.4, 0.5) is 0 Å². The number of rotatable bonds is 3. The summed E-state index contributed by atoms with van der Waals surface area (Å²) < 4.78 is 0. The standard InChI is InChI=1S/C12H24N2O2/c1-7(2)11(13)12(16)14-9-4-5-10(15)8(3)6-9/h7-11,15H,4-6,13H2,1-3H3,(H,14,16)/t8-,9+,10-,11-/m0/s1. The number of nitrogens with one attached hydrogen (secondary N) is 1. The lowest BCUT2D eigenvalue weighted by Crippen LogP contribution is -2.50. The molecule has 1 aliphatic carbocycles. The molecule has 0 heterocycles. The molecule has 4 nitrogen and oxygen atoms in total. The van der Waals surface area contributed by atoms with Crippen LogP contribution >= 0.6 is 0 Å². The lowest BCUT2D eigenvalue weighted by molar-refractivity contribution is -0.124. The van der Waals surface area contributed by atoms with Gasteiger partial charge in [-0.1, -0.05) is 20.8 Å². The summed E-state index contributed by atoms with van der Waals surface area (Å²) >= 11 is 0. The minimum Gasteiger partial charge on any atom is -0.393 e. The molecule has 1 rings (SSSR count). The summed E-state index contributed by atoms with van der Waals surface area (Å²) in [5.41, 5.74) is 5.78. The van der Waals surface area contributed by atoms with E-state index in [1.165, 1.54) is 0 Å². The van der Waals surface area contributed by atoms with Crippen molar-refractivity contribution in [3.8, 4) is 0 Å². The number of nitrogens with two attached hydrogens (primary N) is 1. The van der Waals surface area contributed by atoms with Gasteiger partial charge in [-0.05, 0) is 31.1 Å². The summed E-state index contributed by atoms with van der Waals surface area (Å²) in [6, 6.07) is -0.252. The smallest absolute Gasteiger partial charge is 0.237 e. The molecule has 0 spiro atoms. The molecule has 1 amide bonds. The normalized spacial score (nSPS) is 32.5. The maximum Gasteiger partial charge on any atom is 0.237 e. The summed E-state index contributed by atoms with van der Waals surface area (Å²) in [6.45, 7) is 5.90. The van der Waals surface area contributed by atoms with Crippen molar-refractivity contribution in [2.24, 2.45) is 17.6 Å². The summed E-state index contributed by atoms with van der Waals surface area (Å²) in [5, 5.41) is 12.6. The maximum absolute atomic E-state index is 11.7. The average molecular weight is 228 g/mol. The van der Waals surface area contributed by atoms with E-state index in [0.29, 0.717) is 0 Å². The topological polar surface area (TPSA) is 75.4 Å². The Kier molecular flexibility index (Phi) is 4.74. The van der Waals surface area contributed by atoms with E-state index in [0.717, 1.165) is 19.3 Å². The molecule has 0 saturated heterocycles. The second-order valence-corrected chi connectivity index (χ2v) is 5.33.